The van der Waals surface area contributed by atoms with E-state index in [1.807, 2.05) is 0 Å². The van der Waals surface area contributed by atoms with Gasteiger partial charge in [-0.3, -0.25) is 0 Å². The Balaban J connectivity index is 1.66. The summed E-state index contributed by atoms with van der Waals surface area (Å²) in [5.41, 5.74) is -2.61. The van der Waals surface area contributed by atoms with Crippen LogP contribution in [0.3, 0.4) is 0 Å². The van der Waals surface area contributed by atoms with Crippen molar-refractivity contribution in [1.29, 1.82) is 0 Å². The molecule has 0 aliphatic carbocycles. The fraction of sp³-hybridized carbons (Fsp3) is 0.778. The number of halogens is 3. The first-order valence-corrected chi connectivity index (χ1v) is 9.44. The lowest BCUT2D eigenvalue weighted by molar-refractivity contribution is -0.266. The Bertz CT molecular complexity index is 633. The van der Waals surface area contributed by atoms with Gasteiger partial charge in [0.2, 0.25) is 0 Å². The number of nitrogens with one attached hydrogen (secondary N) is 1. The van der Waals surface area contributed by atoms with Gasteiger partial charge in [-0.2, -0.15) is 13.2 Å². The van der Waals surface area contributed by atoms with Crippen molar-refractivity contribution >= 4 is 11.6 Å². The monoisotopic (exact) mass is 388 g/mol. The first-order valence-electron chi connectivity index (χ1n) is 9.44. The van der Waals surface area contributed by atoms with Crippen LogP contribution in [-0.2, 0) is 4.74 Å². The second-order valence-corrected chi connectivity index (χ2v) is 7.75. The van der Waals surface area contributed by atoms with Crippen molar-refractivity contribution in [3.05, 3.63) is 12.4 Å². The molecular formula is C18H27F3N4O2. The molecule has 0 radical (unpaired) electrons. The van der Waals surface area contributed by atoms with Crippen molar-refractivity contribution in [3.63, 3.8) is 0 Å². The number of rotatable bonds is 4. The third-order valence-corrected chi connectivity index (χ3v) is 5.45. The molecule has 1 aromatic rings. The van der Waals surface area contributed by atoms with Crippen LogP contribution < -0.4 is 10.2 Å². The predicted octanol–water partition coefficient (Wildman–Crippen LogP) is 2.99. The average Bonchev–Trinajstić information content (AvgIpc) is 2.62. The average molecular weight is 388 g/mol. The third kappa shape index (κ3) is 4.45. The summed E-state index contributed by atoms with van der Waals surface area (Å²) in [7, 11) is 0. The summed E-state index contributed by atoms with van der Waals surface area (Å²) < 4.78 is 44.8. The number of nitrogens with zero attached hydrogens (tertiary/aromatic N) is 3. The summed E-state index contributed by atoms with van der Waals surface area (Å²) in [4.78, 5) is 10.2. The van der Waals surface area contributed by atoms with Crippen LogP contribution >= 0.6 is 0 Å². The second-order valence-electron chi connectivity index (χ2n) is 7.75. The number of ether oxygens (including phenoxy) is 1. The molecule has 0 bridgehead atoms. The molecule has 9 heteroatoms. The van der Waals surface area contributed by atoms with E-state index in [0.29, 0.717) is 17.6 Å². The minimum absolute atomic E-state index is 0.0909. The van der Waals surface area contributed by atoms with E-state index in [1.165, 1.54) is 6.33 Å². The van der Waals surface area contributed by atoms with E-state index in [4.69, 9.17) is 4.74 Å². The standard InChI is InChI=1S/C18H27F3N4O2/c1-12(2)16-13(4-3-9-27-16)24-14-10-15(23-11-22-14)25-7-5-17(26,6-8-25)18(19,20)21/h10-13,16,26H,3-9H2,1-2H3,(H,22,23,24)/t13-,16+/m0/s1. The van der Waals surface area contributed by atoms with Crippen molar-refractivity contribution in [2.75, 3.05) is 29.9 Å². The molecule has 3 heterocycles. The topological polar surface area (TPSA) is 70.5 Å². The van der Waals surface area contributed by atoms with Crippen molar-refractivity contribution in [1.82, 2.24) is 9.97 Å². The molecule has 2 aliphatic heterocycles. The molecule has 2 saturated heterocycles. The minimum atomic E-state index is -4.61. The van der Waals surface area contributed by atoms with Gasteiger partial charge in [-0.1, -0.05) is 13.8 Å². The minimum Gasteiger partial charge on any atom is -0.380 e. The smallest absolute Gasteiger partial charge is 0.380 e. The quantitative estimate of drug-likeness (QED) is 0.826. The number of piperidine rings is 1. The molecule has 0 unspecified atom stereocenters. The number of aliphatic hydroxyl groups is 1. The molecule has 0 amide bonds. The highest BCUT2D eigenvalue weighted by atomic mass is 19.4. The van der Waals surface area contributed by atoms with Crippen LogP contribution in [0.15, 0.2) is 12.4 Å². The SMILES string of the molecule is CC(C)[C@H]1OCCC[C@@H]1Nc1cc(N2CCC(O)(C(F)(F)F)CC2)ncn1. The fourth-order valence-electron chi connectivity index (χ4n) is 3.79. The molecule has 2 aliphatic rings. The maximum atomic E-state index is 13.0. The summed E-state index contributed by atoms with van der Waals surface area (Å²) >= 11 is 0. The summed E-state index contributed by atoms with van der Waals surface area (Å²) in [6.07, 6.45) is -1.88. The number of alkyl halides is 3. The first-order chi connectivity index (χ1) is 12.7. The Hall–Kier alpha value is -1.61. The highest BCUT2D eigenvalue weighted by Crippen LogP contribution is 2.39. The van der Waals surface area contributed by atoms with Crippen LogP contribution in [0.4, 0.5) is 24.8 Å². The van der Waals surface area contributed by atoms with Crippen molar-refractivity contribution in [2.24, 2.45) is 5.92 Å². The molecule has 2 fully saturated rings. The lowest BCUT2D eigenvalue weighted by Crippen LogP contribution is -2.53. The van der Waals surface area contributed by atoms with E-state index in [0.717, 1.165) is 19.4 Å². The van der Waals surface area contributed by atoms with Gasteiger partial charge in [-0.05, 0) is 18.8 Å². The Morgan fingerprint density at radius 2 is 2.00 bits per heavy atom. The van der Waals surface area contributed by atoms with Gasteiger partial charge in [0.25, 0.3) is 0 Å². The van der Waals surface area contributed by atoms with Crippen molar-refractivity contribution in [2.45, 2.75) is 63.5 Å². The Morgan fingerprint density at radius 1 is 1.30 bits per heavy atom. The van der Waals surface area contributed by atoms with E-state index in [-0.39, 0.29) is 38.1 Å². The van der Waals surface area contributed by atoms with E-state index in [2.05, 4.69) is 29.1 Å². The largest absolute Gasteiger partial charge is 0.417 e. The number of aromatic nitrogens is 2. The van der Waals surface area contributed by atoms with Gasteiger partial charge < -0.3 is 20.1 Å². The second kappa shape index (κ2) is 7.79. The van der Waals surface area contributed by atoms with Gasteiger partial charge in [0.15, 0.2) is 5.60 Å². The van der Waals surface area contributed by atoms with Crippen LogP contribution in [0.5, 0.6) is 0 Å². The fourth-order valence-corrected chi connectivity index (χ4v) is 3.79. The number of hydrogen-bond donors (Lipinski definition) is 2. The van der Waals surface area contributed by atoms with E-state index in [9.17, 15) is 18.3 Å². The third-order valence-electron chi connectivity index (χ3n) is 5.45. The maximum Gasteiger partial charge on any atom is 0.417 e. The molecule has 27 heavy (non-hydrogen) atoms. The first kappa shape index (κ1) is 20.1. The molecule has 1 aromatic heterocycles. The Kier molecular flexibility index (Phi) is 5.81. The normalized spacial score (nSPS) is 26.3. The summed E-state index contributed by atoms with van der Waals surface area (Å²) in [5, 5.41) is 13.2. The number of anilines is 2. The van der Waals surface area contributed by atoms with Crippen LogP contribution in [0.2, 0.25) is 0 Å². The molecule has 2 N–H and O–H groups in total. The summed E-state index contributed by atoms with van der Waals surface area (Å²) in [6, 6.07) is 1.89. The van der Waals surface area contributed by atoms with Gasteiger partial charge in [0, 0.05) is 38.6 Å². The van der Waals surface area contributed by atoms with Gasteiger partial charge in [0.05, 0.1) is 12.1 Å². The van der Waals surface area contributed by atoms with Crippen LogP contribution in [-0.4, -0.2) is 58.7 Å². The zero-order chi connectivity index (χ0) is 19.7. The van der Waals surface area contributed by atoms with Gasteiger partial charge >= 0.3 is 6.18 Å². The van der Waals surface area contributed by atoms with Gasteiger partial charge in [-0.25, -0.2) is 9.97 Å². The zero-order valence-electron chi connectivity index (χ0n) is 15.7. The van der Waals surface area contributed by atoms with Crippen molar-refractivity contribution < 1.29 is 23.0 Å². The molecule has 3 rings (SSSR count). The summed E-state index contributed by atoms with van der Waals surface area (Å²) in [6.45, 7) is 5.17. The van der Waals surface area contributed by atoms with Gasteiger partial charge in [-0.15, -0.1) is 0 Å². The number of hydrogen-bond acceptors (Lipinski definition) is 6. The highest BCUT2D eigenvalue weighted by molar-refractivity contribution is 5.49. The van der Waals surface area contributed by atoms with Crippen molar-refractivity contribution in [3.8, 4) is 0 Å². The Morgan fingerprint density at radius 3 is 2.63 bits per heavy atom. The van der Waals surface area contributed by atoms with Crippen LogP contribution in [0.25, 0.3) is 0 Å². The Labute approximate surface area is 157 Å². The van der Waals surface area contributed by atoms with Crippen LogP contribution in [0, 0.1) is 5.92 Å². The van der Waals surface area contributed by atoms with Gasteiger partial charge in [0.1, 0.15) is 18.0 Å². The lowest BCUT2D eigenvalue weighted by Gasteiger charge is -2.39. The zero-order valence-corrected chi connectivity index (χ0v) is 15.7. The molecule has 0 saturated carbocycles. The van der Waals surface area contributed by atoms with E-state index >= 15 is 0 Å². The molecule has 152 valence electrons. The maximum absolute atomic E-state index is 13.0. The predicted molar refractivity (Wildman–Crippen MR) is 95.7 cm³/mol. The molecular weight excluding hydrogens is 361 g/mol. The lowest BCUT2D eigenvalue weighted by atomic mass is 9.91. The molecule has 0 aromatic carbocycles. The highest BCUT2D eigenvalue weighted by Gasteiger charge is 2.54. The summed E-state index contributed by atoms with van der Waals surface area (Å²) in [5.74, 6) is 1.57. The molecule has 6 nitrogen and oxygen atoms in total. The van der Waals surface area contributed by atoms with Crippen LogP contribution in [0.1, 0.15) is 39.5 Å². The molecule has 2 atom stereocenters. The van der Waals surface area contributed by atoms with E-state index in [1.54, 1.807) is 11.0 Å². The van der Waals surface area contributed by atoms with E-state index < -0.39 is 11.8 Å². The molecule has 0 spiro atoms.